The zero-order valence-corrected chi connectivity index (χ0v) is 10.4. The summed E-state index contributed by atoms with van der Waals surface area (Å²) < 4.78 is 25.1. The minimum Gasteiger partial charge on any atom is -0.323 e. The van der Waals surface area contributed by atoms with E-state index in [1.54, 1.807) is 13.0 Å². The standard InChI is InChI=1S/C11H14N2O3S/c1-3-4-11(14)13-9-5-7-10(8-6-9)17(15,16)12-2/h3-8,12H,1-2H3,(H,13,14). The molecule has 1 aromatic carbocycles. The van der Waals surface area contributed by atoms with Gasteiger partial charge in [-0.15, -0.1) is 0 Å². The highest BCUT2D eigenvalue weighted by molar-refractivity contribution is 7.89. The number of nitrogens with one attached hydrogen (secondary N) is 2. The summed E-state index contributed by atoms with van der Waals surface area (Å²) in [5.74, 6) is -0.253. The first-order valence-corrected chi connectivity index (χ1v) is 6.45. The summed E-state index contributed by atoms with van der Waals surface area (Å²) in [5, 5.41) is 2.60. The molecule has 92 valence electrons. The molecule has 0 aliphatic carbocycles. The molecule has 0 aliphatic heterocycles. The molecular weight excluding hydrogens is 240 g/mol. The molecule has 5 nitrogen and oxygen atoms in total. The number of hydrogen-bond acceptors (Lipinski definition) is 3. The molecule has 0 aromatic heterocycles. The summed E-state index contributed by atoms with van der Waals surface area (Å²) in [6.07, 6.45) is 3.01. The molecule has 1 aromatic rings. The van der Waals surface area contributed by atoms with Gasteiger partial charge in [0.15, 0.2) is 0 Å². The molecular formula is C11H14N2O3S. The lowest BCUT2D eigenvalue weighted by atomic mass is 10.3. The minimum atomic E-state index is -3.43. The SMILES string of the molecule is CC=CC(=O)Nc1ccc(S(=O)(=O)NC)cc1. The third-order valence-corrected chi connectivity index (χ3v) is 3.45. The van der Waals surface area contributed by atoms with Crippen LogP contribution in [0.5, 0.6) is 0 Å². The Hall–Kier alpha value is -1.66. The molecule has 0 unspecified atom stereocenters. The summed E-state index contributed by atoms with van der Waals surface area (Å²) in [6.45, 7) is 1.74. The fraction of sp³-hybridized carbons (Fsp3) is 0.182. The van der Waals surface area contributed by atoms with Crippen molar-refractivity contribution in [1.82, 2.24) is 4.72 Å². The van der Waals surface area contributed by atoms with Crippen LogP contribution in [0, 0.1) is 0 Å². The summed E-state index contributed by atoms with van der Waals surface area (Å²) in [4.78, 5) is 11.4. The summed E-state index contributed by atoms with van der Waals surface area (Å²) >= 11 is 0. The van der Waals surface area contributed by atoms with Crippen LogP contribution in [0.2, 0.25) is 0 Å². The Morgan fingerprint density at radius 3 is 2.29 bits per heavy atom. The van der Waals surface area contributed by atoms with E-state index < -0.39 is 10.0 Å². The lowest BCUT2D eigenvalue weighted by Crippen LogP contribution is -2.18. The zero-order valence-electron chi connectivity index (χ0n) is 9.60. The molecule has 0 spiro atoms. The van der Waals surface area contributed by atoms with Crippen molar-refractivity contribution < 1.29 is 13.2 Å². The second kappa shape index (κ2) is 5.60. The normalized spacial score (nSPS) is 11.6. The van der Waals surface area contributed by atoms with Crippen LogP contribution in [-0.4, -0.2) is 21.4 Å². The average Bonchev–Trinajstić information content (AvgIpc) is 2.30. The number of allylic oxidation sites excluding steroid dienone is 1. The van der Waals surface area contributed by atoms with Gasteiger partial charge in [-0.05, 0) is 44.3 Å². The van der Waals surface area contributed by atoms with Gasteiger partial charge in [-0.1, -0.05) is 6.08 Å². The lowest BCUT2D eigenvalue weighted by molar-refractivity contribution is -0.111. The van der Waals surface area contributed by atoms with Gasteiger partial charge in [0.25, 0.3) is 0 Å². The number of carbonyl (C=O) groups is 1. The van der Waals surface area contributed by atoms with E-state index in [0.717, 1.165) is 0 Å². The first kappa shape index (κ1) is 13.4. The van der Waals surface area contributed by atoms with Crippen LogP contribution >= 0.6 is 0 Å². The van der Waals surface area contributed by atoms with Gasteiger partial charge in [0.2, 0.25) is 15.9 Å². The minimum absolute atomic E-state index is 0.157. The molecule has 0 atom stereocenters. The summed E-state index contributed by atoms with van der Waals surface area (Å²) in [5.41, 5.74) is 0.545. The van der Waals surface area contributed by atoms with Crippen molar-refractivity contribution in [3.05, 3.63) is 36.4 Å². The largest absolute Gasteiger partial charge is 0.323 e. The van der Waals surface area contributed by atoms with Gasteiger partial charge in [-0.2, -0.15) is 0 Å². The Labute approximate surface area is 101 Å². The van der Waals surface area contributed by atoms with Gasteiger partial charge in [-0.25, -0.2) is 13.1 Å². The highest BCUT2D eigenvalue weighted by Crippen LogP contribution is 2.13. The Bertz CT molecular complexity index is 518. The predicted octanol–water partition coefficient (Wildman–Crippen LogP) is 1.11. The van der Waals surface area contributed by atoms with Crippen LogP contribution in [0.15, 0.2) is 41.3 Å². The molecule has 0 aliphatic rings. The number of benzene rings is 1. The van der Waals surface area contributed by atoms with E-state index >= 15 is 0 Å². The van der Waals surface area contributed by atoms with Crippen molar-refractivity contribution in [1.29, 1.82) is 0 Å². The third kappa shape index (κ3) is 3.69. The Balaban J connectivity index is 2.86. The summed E-state index contributed by atoms with van der Waals surface area (Å²) in [7, 11) is -2.09. The molecule has 1 rings (SSSR count). The van der Waals surface area contributed by atoms with Crippen LogP contribution in [0.25, 0.3) is 0 Å². The second-order valence-corrected chi connectivity index (χ2v) is 5.11. The van der Waals surface area contributed by atoms with Crippen molar-refractivity contribution in [3.8, 4) is 0 Å². The van der Waals surface area contributed by atoms with Gasteiger partial charge in [0.05, 0.1) is 4.90 Å². The van der Waals surface area contributed by atoms with Crippen molar-refractivity contribution in [3.63, 3.8) is 0 Å². The predicted molar refractivity (Wildman–Crippen MR) is 66.1 cm³/mol. The third-order valence-electron chi connectivity index (χ3n) is 2.02. The Morgan fingerprint density at radius 1 is 1.24 bits per heavy atom. The van der Waals surface area contributed by atoms with Gasteiger partial charge < -0.3 is 5.32 Å². The maximum absolute atomic E-state index is 11.4. The van der Waals surface area contributed by atoms with E-state index in [-0.39, 0.29) is 10.8 Å². The molecule has 6 heteroatoms. The van der Waals surface area contributed by atoms with Crippen LogP contribution in [-0.2, 0) is 14.8 Å². The first-order valence-electron chi connectivity index (χ1n) is 4.97. The first-order chi connectivity index (χ1) is 7.99. The molecule has 0 bridgehead atoms. The molecule has 0 radical (unpaired) electrons. The van der Waals surface area contributed by atoms with Gasteiger partial charge in [0.1, 0.15) is 0 Å². The number of carbonyl (C=O) groups excluding carboxylic acids is 1. The number of rotatable bonds is 4. The quantitative estimate of drug-likeness (QED) is 0.790. The van der Waals surface area contributed by atoms with Crippen molar-refractivity contribution in [2.75, 3.05) is 12.4 Å². The smallest absolute Gasteiger partial charge is 0.248 e. The highest BCUT2D eigenvalue weighted by atomic mass is 32.2. The van der Waals surface area contributed by atoms with Crippen LogP contribution in [0.1, 0.15) is 6.92 Å². The number of sulfonamides is 1. The van der Waals surface area contributed by atoms with Crippen molar-refractivity contribution >= 4 is 21.6 Å². The second-order valence-electron chi connectivity index (χ2n) is 3.22. The number of hydrogen-bond donors (Lipinski definition) is 2. The van der Waals surface area contributed by atoms with Crippen LogP contribution in [0.3, 0.4) is 0 Å². The number of anilines is 1. The highest BCUT2D eigenvalue weighted by Gasteiger charge is 2.10. The number of amides is 1. The van der Waals surface area contributed by atoms with Crippen molar-refractivity contribution in [2.45, 2.75) is 11.8 Å². The molecule has 2 N–H and O–H groups in total. The van der Waals surface area contributed by atoms with Gasteiger partial charge in [-0.3, -0.25) is 4.79 Å². The molecule has 0 fully saturated rings. The topological polar surface area (TPSA) is 75.3 Å². The average molecular weight is 254 g/mol. The fourth-order valence-electron chi connectivity index (χ4n) is 1.17. The van der Waals surface area contributed by atoms with E-state index in [0.29, 0.717) is 5.69 Å². The van der Waals surface area contributed by atoms with E-state index in [4.69, 9.17) is 0 Å². The molecule has 0 saturated carbocycles. The summed E-state index contributed by atoms with van der Waals surface area (Å²) in [6, 6.07) is 5.92. The molecule has 0 saturated heterocycles. The van der Waals surface area contributed by atoms with E-state index in [1.807, 2.05) is 0 Å². The van der Waals surface area contributed by atoms with Gasteiger partial charge in [0, 0.05) is 5.69 Å². The van der Waals surface area contributed by atoms with Gasteiger partial charge >= 0.3 is 0 Å². The fourth-order valence-corrected chi connectivity index (χ4v) is 1.90. The monoisotopic (exact) mass is 254 g/mol. The lowest BCUT2D eigenvalue weighted by Gasteiger charge is -2.05. The van der Waals surface area contributed by atoms with E-state index in [9.17, 15) is 13.2 Å². The Kier molecular flexibility index (Phi) is 4.42. The maximum atomic E-state index is 11.4. The molecule has 0 heterocycles. The van der Waals surface area contributed by atoms with E-state index in [1.165, 1.54) is 37.4 Å². The maximum Gasteiger partial charge on any atom is 0.248 e. The Morgan fingerprint density at radius 2 is 1.82 bits per heavy atom. The zero-order chi connectivity index (χ0) is 12.9. The van der Waals surface area contributed by atoms with Crippen LogP contribution in [0.4, 0.5) is 5.69 Å². The van der Waals surface area contributed by atoms with Crippen molar-refractivity contribution in [2.24, 2.45) is 0 Å². The van der Waals surface area contributed by atoms with Crippen LogP contribution < -0.4 is 10.0 Å². The molecule has 1 amide bonds. The van der Waals surface area contributed by atoms with E-state index in [2.05, 4.69) is 10.0 Å². The molecule has 17 heavy (non-hydrogen) atoms.